The summed E-state index contributed by atoms with van der Waals surface area (Å²) in [5.74, 6) is 2.28. The van der Waals surface area contributed by atoms with Crippen molar-refractivity contribution in [3.63, 3.8) is 0 Å². The molecule has 0 aliphatic carbocycles. The number of carbonyl (C=O) groups is 1. The van der Waals surface area contributed by atoms with Crippen LogP contribution in [-0.2, 0) is 17.8 Å². The Hall–Kier alpha value is -2.17. The van der Waals surface area contributed by atoms with Gasteiger partial charge in [-0.2, -0.15) is 4.98 Å². The van der Waals surface area contributed by atoms with Crippen molar-refractivity contribution in [1.29, 1.82) is 0 Å². The monoisotopic (exact) mass is 498 g/mol. The van der Waals surface area contributed by atoms with Crippen LogP contribution in [-0.4, -0.2) is 53.6 Å². The molecule has 1 aliphatic heterocycles. The van der Waals surface area contributed by atoms with Gasteiger partial charge in [-0.25, -0.2) is 0 Å². The molecule has 2 heterocycles. The van der Waals surface area contributed by atoms with E-state index in [-0.39, 0.29) is 35.8 Å². The second-order valence-corrected chi connectivity index (χ2v) is 6.68. The van der Waals surface area contributed by atoms with Gasteiger partial charge in [0.2, 0.25) is 11.8 Å². The molecule has 1 aromatic heterocycles. The van der Waals surface area contributed by atoms with Gasteiger partial charge in [0.1, 0.15) is 0 Å². The summed E-state index contributed by atoms with van der Waals surface area (Å²) in [5.41, 5.74) is 1.26. The normalized spacial score (nSPS) is 16.8. The lowest BCUT2D eigenvalue weighted by Crippen LogP contribution is -2.40. The number of aryl methyl sites for hydroxylation is 1. The van der Waals surface area contributed by atoms with E-state index >= 15 is 0 Å². The van der Waals surface area contributed by atoms with E-state index in [0.717, 1.165) is 19.5 Å². The maximum absolute atomic E-state index is 12.3. The number of halogens is 1. The predicted octanol–water partition coefficient (Wildman–Crippen LogP) is 1.75. The molecule has 1 fully saturated rings. The van der Waals surface area contributed by atoms with Gasteiger partial charge in [-0.3, -0.25) is 9.79 Å². The highest BCUT2D eigenvalue weighted by Crippen LogP contribution is 2.17. The van der Waals surface area contributed by atoms with Crippen molar-refractivity contribution in [1.82, 2.24) is 25.7 Å². The first-order chi connectivity index (χ1) is 13.1. The Bertz CT molecular complexity index is 780. The topological polar surface area (TPSA) is 95.6 Å². The number of guanidine groups is 1. The number of rotatable bonds is 7. The van der Waals surface area contributed by atoms with Crippen LogP contribution in [0.1, 0.15) is 23.7 Å². The van der Waals surface area contributed by atoms with E-state index in [4.69, 9.17) is 4.52 Å². The highest BCUT2D eigenvalue weighted by molar-refractivity contribution is 14.0. The molecular weight excluding hydrogens is 471 g/mol. The van der Waals surface area contributed by atoms with Gasteiger partial charge >= 0.3 is 0 Å². The average Bonchev–Trinajstić information content (AvgIpc) is 3.26. The Morgan fingerprint density at radius 1 is 1.32 bits per heavy atom. The van der Waals surface area contributed by atoms with Crippen molar-refractivity contribution in [2.75, 3.05) is 26.7 Å². The molecule has 28 heavy (non-hydrogen) atoms. The third-order valence-corrected chi connectivity index (χ3v) is 4.57. The highest BCUT2D eigenvalue weighted by atomic mass is 127. The van der Waals surface area contributed by atoms with Gasteiger partial charge in [0, 0.05) is 45.9 Å². The van der Waals surface area contributed by atoms with E-state index in [1.54, 1.807) is 14.0 Å². The minimum absolute atomic E-state index is 0. The molecule has 0 radical (unpaired) electrons. The first-order valence-corrected chi connectivity index (χ1v) is 9.19. The van der Waals surface area contributed by atoms with Crippen LogP contribution in [0.25, 0.3) is 0 Å². The molecule has 3 rings (SSSR count). The molecule has 2 N–H and O–H groups in total. The first kappa shape index (κ1) is 22.1. The Morgan fingerprint density at radius 2 is 2.11 bits per heavy atom. The SMILES string of the molecule is CN=C(NCc1noc(C)n1)NCC1CC(=O)N(CCc2ccccc2)C1.I. The Kier molecular flexibility index (Phi) is 8.68. The molecule has 8 nitrogen and oxygen atoms in total. The summed E-state index contributed by atoms with van der Waals surface area (Å²) in [4.78, 5) is 22.6. The summed E-state index contributed by atoms with van der Waals surface area (Å²) < 4.78 is 4.95. The van der Waals surface area contributed by atoms with Crippen LogP contribution in [0.3, 0.4) is 0 Å². The average molecular weight is 498 g/mol. The number of nitrogens with one attached hydrogen (secondary N) is 2. The lowest BCUT2D eigenvalue weighted by Gasteiger charge is -2.17. The van der Waals surface area contributed by atoms with Crippen molar-refractivity contribution in [3.05, 3.63) is 47.6 Å². The molecule has 152 valence electrons. The summed E-state index contributed by atoms with van der Waals surface area (Å²) in [6, 6.07) is 10.3. The Morgan fingerprint density at radius 3 is 2.79 bits per heavy atom. The number of aromatic nitrogens is 2. The Balaban J connectivity index is 0.00000280. The Labute approximate surface area is 182 Å². The molecule has 9 heteroatoms. The van der Waals surface area contributed by atoms with Gasteiger partial charge < -0.3 is 20.1 Å². The zero-order valence-corrected chi connectivity index (χ0v) is 18.6. The molecule has 0 spiro atoms. The molecular formula is C19H27IN6O2. The van der Waals surface area contributed by atoms with Crippen molar-refractivity contribution < 1.29 is 9.32 Å². The largest absolute Gasteiger partial charge is 0.356 e. The maximum atomic E-state index is 12.3. The van der Waals surface area contributed by atoms with E-state index in [9.17, 15) is 4.79 Å². The second kappa shape index (κ2) is 11.0. The van der Waals surface area contributed by atoms with Gasteiger partial charge in [-0.05, 0) is 12.0 Å². The quantitative estimate of drug-likeness (QED) is 0.343. The van der Waals surface area contributed by atoms with Crippen LogP contribution in [0, 0.1) is 12.8 Å². The van der Waals surface area contributed by atoms with Crippen LogP contribution < -0.4 is 10.6 Å². The summed E-state index contributed by atoms with van der Waals surface area (Å²) in [6.45, 7) is 4.43. The number of hydrogen-bond acceptors (Lipinski definition) is 5. The maximum Gasteiger partial charge on any atom is 0.223 e. The van der Waals surface area contributed by atoms with Crippen molar-refractivity contribution in [2.24, 2.45) is 10.9 Å². The summed E-state index contributed by atoms with van der Waals surface area (Å²) in [5, 5.41) is 10.3. The van der Waals surface area contributed by atoms with E-state index < -0.39 is 0 Å². The molecule has 1 saturated heterocycles. The number of benzene rings is 1. The molecule has 1 aliphatic rings. The fraction of sp³-hybridized carbons (Fsp3) is 0.474. The number of amides is 1. The molecule has 2 aromatic rings. The predicted molar refractivity (Wildman–Crippen MR) is 117 cm³/mol. The minimum atomic E-state index is 0. The lowest BCUT2D eigenvalue weighted by atomic mass is 10.1. The van der Waals surface area contributed by atoms with Crippen LogP contribution in [0.4, 0.5) is 0 Å². The molecule has 1 aromatic carbocycles. The standard InChI is InChI=1S/C19H26N6O2.HI/c1-14-23-17(24-27-14)12-22-19(20-2)21-11-16-10-18(26)25(13-16)9-8-15-6-4-3-5-7-15;/h3-7,16H,8-13H2,1-2H3,(H2,20,21,22);1H. The molecule has 0 saturated carbocycles. The number of hydrogen-bond donors (Lipinski definition) is 2. The van der Waals surface area contributed by atoms with Crippen molar-refractivity contribution >= 4 is 35.8 Å². The number of likely N-dealkylation sites (tertiary alicyclic amines) is 1. The highest BCUT2D eigenvalue weighted by Gasteiger charge is 2.29. The van der Waals surface area contributed by atoms with E-state index in [0.29, 0.717) is 37.2 Å². The van der Waals surface area contributed by atoms with E-state index in [1.165, 1.54) is 5.56 Å². The van der Waals surface area contributed by atoms with Crippen LogP contribution in [0.5, 0.6) is 0 Å². The van der Waals surface area contributed by atoms with E-state index in [1.807, 2.05) is 23.1 Å². The van der Waals surface area contributed by atoms with Crippen molar-refractivity contribution in [3.8, 4) is 0 Å². The molecule has 0 bridgehead atoms. The fourth-order valence-corrected chi connectivity index (χ4v) is 3.15. The summed E-state index contributed by atoms with van der Waals surface area (Å²) >= 11 is 0. The number of carbonyl (C=O) groups excluding carboxylic acids is 1. The van der Waals surface area contributed by atoms with Crippen LogP contribution >= 0.6 is 24.0 Å². The summed E-state index contributed by atoms with van der Waals surface area (Å²) in [7, 11) is 1.71. The fourth-order valence-electron chi connectivity index (χ4n) is 3.15. The van der Waals surface area contributed by atoms with Gasteiger partial charge in [-0.15, -0.1) is 24.0 Å². The molecule has 1 unspecified atom stereocenters. The minimum Gasteiger partial charge on any atom is -0.356 e. The van der Waals surface area contributed by atoms with Crippen LogP contribution in [0.2, 0.25) is 0 Å². The zero-order chi connectivity index (χ0) is 19.1. The smallest absolute Gasteiger partial charge is 0.223 e. The van der Waals surface area contributed by atoms with Gasteiger partial charge in [0.05, 0.1) is 6.54 Å². The second-order valence-electron chi connectivity index (χ2n) is 6.68. The zero-order valence-electron chi connectivity index (χ0n) is 16.2. The van der Waals surface area contributed by atoms with Gasteiger partial charge in [0.25, 0.3) is 0 Å². The van der Waals surface area contributed by atoms with E-state index in [2.05, 4.69) is 37.9 Å². The summed E-state index contributed by atoms with van der Waals surface area (Å²) in [6.07, 6.45) is 1.46. The molecule has 1 atom stereocenters. The van der Waals surface area contributed by atoms with Gasteiger partial charge in [-0.1, -0.05) is 35.5 Å². The third kappa shape index (κ3) is 6.47. The van der Waals surface area contributed by atoms with Gasteiger partial charge in [0.15, 0.2) is 11.8 Å². The lowest BCUT2D eigenvalue weighted by molar-refractivity contribution is -0.127. The van der Waals surface area contributed by atoms with Crippen molar-refractivity contribution in [2.45, 2.75) is 26.3 Å². The third-order valence-electron chi connectivity index (χ3n) is 4.57. The number of aliphatic imine (C=N–C) groups is 1. The van der Waals surface area contributed by atoms with Crippen LogP contribution in [0.15, 0.2) is 39.8 Å². The number of nitrogens with zero attached hydrogens (tertiary/aromatic N) is 4. The molecule has 1 amide bonds. The first-order valence-electron chi connectivity index (χ1n) is 9.19.